The standard InChI is InChI=1S/C36H68NO10P/c1-3-5-7-9-11-13-15-16-17-18-20-22-24-26-28-35(40)45-29-32(38)30-46-48(43,44)47-31-33(36(41)42)37-34(39)27-25-23-21-19-14-12-10-8-6-4-2/h8,10,32-33,38H,3-7,9,11-31H2,1-2H3,(H,37,39)(H,41,42)(H,43,44)/b10-8-. The molecular formula is C36H68NO10P. The molecule has 0 heterocycles. The number of carbonyl (C=O) groups is 3. The Morgan fingerprint density at radius 2 is 1.12 bits per heavy atom. The van der Waals surface area contributed by atoms with Crippen molar-refractivity contribution in [2.24, 2.45) is 0 Å². The van der Waals surface area contributed by atoms with Gasteiger partial charge in [-0.25, -0.2) is 9.36 Å². The molecule has 48 heavy (non-hydrogen) atoms. The number of hydrogen-bond acceptors (Lipinski definition) is 8. The molecule has 0 aliphatic heterocycles. The van der Waals surface area contributed by atoms with E-state index in [-0.39, 0.29) is 12.8 Å². The van der Waals surface area contributed by atoms with E-state index in [0.717, 1.165) is 64.2 Å². The molecule has 0 bridgehead atoms. The molecule has 0 aromatic rings. The molecule has 0 aromatic heterocycles. The van der Waals surface area contributed by atoms with E-state index in [9.17, 15) is 34.1 Å². The molecule has 3 atom stereocenters. The van der Waals surface area contributed by atoms with Crippen molar-refractivity contribution >= 4 is 25.7 Å². The number of hydrogen-bond donors (Lipinski definition) is 4. The minimum absolute atomic E-state index is 0.137. The topological polar surface area (TPSA) is 169 Å². The van der Waals surface area contributed by atoms with Crippen molar-refractivity contribution < 1.29 is 47.8 Å². The second-order valence-electron chi connectivity index (χ2n) is 12.8. The van der Waals surface area contributed by atoms with E-state index in [1.54, 1.807) is 0 Å². The van der Waals surface area contributed by atoms with Gasteiger partial charge in [-0.3, -0.25) is 18.6 Å². The Morgan fingerprint density at radius 3 is 1.67 bits per heavy atom. The van der Waals surface area contributed by atoms with E-state index < -0.39 is 57.6 Å². The van der Waals surface area contributed by atoms with Crippen LogP contribution in [0, 0.1) is 0 Å². The van der Waals surface area contributed by atoms with Gasteiger partial charge in [0, 0.05) is 12.8 Å². The van der Waals surface area contributed by atoms with Crippen LogP contribution in [0.3, 0.4) is 0 Å². The highest BCUT2D eigenvalue weighted by Gasteiger charge is 2.28. The van der Waals surface area contributed by atoms with Crippen LogP contribution < -0.4 is 5.32 Å². The molecule has 11 nitrogen and oxygen atoms in total. The summed E-state index contributed by atoms with van der Waals surface area (Å²) < 4.78 is 26.7. The van der Waals surface area contributed by atoms with Crippen LogP contribution in [0.4, 0.5) is 0 Å². The fraction of sp³-hybridized carbons (Fsp3) is 0.861. The van der Waals surface area contributed by atoms with E-state index in [1.165, 1.54) is 64.2 Å². The molecule has 0 saturated heterocycles. The van der Waals surface area contributed by atoms with Crippen molar-refractivity contribution in [1.29, 1.82) is 0 Å². The Bertz CT molecular complexity index is 885. The van der Waals surface area contributed by atoms with Crippen LogP contribution in [-0.2, 0) is 32.7 Å². The average Bonchev–Trinajstić information content (AvgIpc) is 3.05. The summed E-state index contributed by atoms with van der Waals surface area (Å²) in [6.45, 7) is 2.50. The number of amides is 1. The Morgan fingerprint density at radius 1 is 0.646 bits per heavy atom. The lowest BCUT2D eigenvalue weighted by molar-refractivity contribution is -0.147. The number of unbranched alkanes of at least 4 members (excludes halogenated alkanes) is 19. The number of carboxylic acid groups (broad SMARTS) is 1. The van der Waals surface area contributed by atoms with Gasteiger partial charge >= 0.3 is 19.8 Å². The first-order chi connectivity index (χ1) is 23.1. The second kappa shape index (κ2) is 32.4. The van der Waals surface area contributed by atoms with E-state index >= 15 is 0 Å². The molecule has 0 saturated carbocycles. The van der Waals surface area contributed by atoms with Crippen molar-refractivity contribution in [2.75, 3.05) is 19.8 Å². The van der Waals surface area contributed by atoms with Crippen LogP contribution in [0.25, 0.3) is 0 Å². The first-order valence-electron chi connectivity index (χ1n) is 18.7. The number of allylic oxidation sites excluding steroid dienone is 2. The minimum atomic E-state index is -4.74. The number of phosphoric acid groups is 1. The SMILES string of the molecule is CCC/C=C\CCCCCCCC(=O)NC(COP(=O)(O)OCC(O)COC(=O)CCCCCCCCCCCCCCCC)C(=O)O. The van der Waals surface area contributed by atoms with Crippen LogP contribution in [0.1, 0.15) is 168 Å². The maximum Gasteiger partial charge on any atom is 0.472 e. The third-order valence-corrected chi connectivity index (χ3v) is 8.99. The van der Waals surface area contributed by atoms with Gasteiger partial charge in [-0.1, -0.05) is 135 Å². The molecular weight excluding hydrogens is 637 g/mol. The largest absolute Gasteiger partial charge is 0.480 e. The number of ether oxygens (including phenoxy) is 1. The maximum atomic E-state index is 12.2. The molecule has 282 valence electrons. The quantitative estimate of drug-likeness (QED) is 0.0217. The molecule has 1 amide bonds. The van der Waals surface area contributed by atoms with E-state index in [0.29, 0.717) is 12.8 Å². The van der Waals surface area contributed by atoms with Gasteiger partial charge in [0.2, 0.25) is 5.91 Å². The predicted octanol–water partition coefficient (Wildman–Crippen LogP) is 8.55. The Kier molecular flexibility index (Phi) is 31.2. The average molecular weight is 706 g/mol. The minimum Gasteiger partial charge on any atom is -0.480 e. The molecule has 0 spiro atoms. The lowest BCUT2D eigenvalue weighted by Gasteiger charge is -2.18. The van der Waals surface area contributed by atoms with Gasteiger partial charge in [-0.2, -0.15) is 0 Å². The monoisotopic (exact) mass is 705 g/mol. The highest BCUT2D eigenvalue weighted by atomic mass is 31.2. The fourth-order valence-corrected chi connectivity index (χ4v) is 5.85. The van der Waals surface area contributed by atoms with Crippen molar-refractivity contribution in [2.45, 2.75) is 180 Å². The number of nitrogens with one attached hydrogen (secondary N) is 1. The first kappa shape index (κ1) is 46.2. The maximum absolute atomic E-state index is 12.2. The molecule has 0 fully saturated rings. The highest BCUT2D eigenvalue weighted by Crippen LogP contribution is 2.43. The molecule has 0 aromatic carbocycles. The van der Waals surface area contributed by atoms with Gasteiger partial charge in [0.05, 0.1) is 13.2 Å². The number of rotatable bonds is 35. The number of aliphatic hydroxyl groups excluding tert-OH is 1. The van der Waals surface area contributed by atoms with E-state index in [1.807, 2.05) is 0 Å². The summed E-state index contributed by atoms with van der Waals surface area (Å²) in [5.41, 5.74) is 0. The molecule has 0 radical (unpaired) electrons. The zero-order valence-electron chi connectivity index (χ0n) is 30.0. The molecule has 3 unspecified atom stereocenters. The fourth-order valence-electron chi connectivity index (χ4n) is 5.08. The Hall–Kier alpha value is -1.78. The van der Waals surface area contributed by atoms with Gasteiger partial charge in [-0.15, -0.1) is 0 Å². The normalized spacial score (nSPS) is 14.1. The third-order valence-electron chi connectivity index (χ3n) is 8.04. The van der Waals surface area contributed by atoms with Gasteiger partial charge in [-0.05, 0) is 32.1 Å². The Balaban J connectivity index is 3.95. The van der Waals surface area contributed by atoms with Gasteiger partial charge in [0.25, 0.3) is 0 Å². The zero-order valence-corrected chi connectivity index (χ0v) is 30.9. The number of esters is 1. The molecule has 4 N–H and O–H groups in total. The number of phosphoric ester groups is 1. The van der Waals surface area contributed by atoms with Crippen molar-refractivity contribution in [1.82, 2.24) is 5.32 Å². The summed E-state index contributed by atoms with van der Waals surface area (Å²) in [6, 6.07) is -1.54. The highest BCUT2D eigenvalue weighted by molar-refractivity contribution is 7.47. The van der Waals surface area contributed by atoms with Crippen LogP contribution in [-0.4, -0.2) is 64.9 Å². The lowest BCUT2D eigenvalue weighted by atomic mass is 10.0. The van der Waals surface area contributed by atoms with Crippen LogP contribution in [0.2, 0.25) is 0 Å². The summed E-state index contributed by atoms with van der Waals surface area (Å²) in [5, 5.41) is 21.7. The summed E-state index contributed by atoms with van der Waals surface area (Å²) in [7, 11) is -4.74. The lowest BCUT2D eigenvalue weighted by Crippen LogP contribution is -2.43. The van der Waals surface area contributed by atoms with Gasteiger partial charge < -0.3 is 25.2 Å². The predicted molar refractivity (Wildman–Crippen MR) is 190 cm³/mol. The second-order valence-corrected chi connectivity index (χ2v) is 14.2. The van der Waals surface area contributed by atoms with Gasteiger partial charge in [0.15, 0.2) is 6.04 Å². The molecule has 0 rings (SSSR count). The van der Waals surface area contributed by atoms with Gasteiger partial charge in [0.1, 0.15) is 12.7 Å². The summed E-state index contributed by atoms with van der Waals surface area (Å²) in [4.78, 5) is 45.6. The van der Waals surface area contributed by atoms with E-state index in [2.05, 4.69) is 31.3 Å². The first-order valence-corrected chi connectivity index (χ1v) is 20.2. The number of aliphatic hydroxyl groups is 1. The van der Waals surface area contributed by atoms with Crippen molar-refractivity contribution in [3.8, 4) is 0 Å². The van der Waals surface area contributed by atoms with E-state index in [4.69, 9.17) is 13.8 Å². The summed E-state index contributed by atoms with van der Waals surface area (Å²) in [5.74, 6) is -2.38. The molecule has 0 aliphatic carbocycles. The van der Waals surface area contributed by atoms with Crippen LogP contribution in [0.15, 0.2) is 12.2 Å². The number of aliphatic carboxylic acids is 1. The smallest absolute Gasteiger partial charge is 0.472 e. The third kappa shape index (κ3) is 31.5. The van der Waals surface area contributed by atoms with Crippen molar-refractivity contribution in [3.05, 3.63) is 12.2 Å². The van der Waals surface area contributed by atoms with Crippen LogP contribution in [0.5, 0.6) is 0 Å². The molecule has 0 aliphatic rings. The summed E-state index contributed by atoms with van der Waals surface area (Å²) in [6.07, 6.45) is 28.3. The molecule has 12 heteroatoms. The summed E-state index contributed by atoms with van der Waals surface area (Å²) >= 11 is 0. The Labute approximate surface area is 290 Å². The number of carboxylic acids is 1. The number of carbonyl (C=O) groups excluding carboxylic acids is 2. The zero-order chi connectivity index (χ0) is 35.7. The van der Waals surface area contributed by atoms with Crippen LogP contribution >= 0.6 is 7.82 Å². The van der Waals surface area contributed by atoms with Crippen molar-refractivity contribution in [3.63, 3.8) is 0 Å².